The van der Waals surface area contributed by atoms with Crippen molar-refractivity contribution >= 4 is 11.8 Å². The van der Waals surface area contributed by atoms with E-state index in [4.69, 9.17) is 4.74 Å². The number of ether oxygens (including phenoxy) is 1. The van der Waals surface area contributed by atoms with Crippen molar-refractivity contribution in [3.63, 3.8) is 0 Å². The fourth-order valence-corrected chi connectivity index (χ4v) is 2.05. The molecule has 2 atom stereocenters. The van der Waals surface area contributed by atoms with Crippen LogP contribution in [0.2, 0.25) is 0 Å². The van der Waals surface area contributed by atoms with E-state index in [-0.39, 0.29) is 0 Å². The Morgan fingerprint density at radius 2 is 1.93 bits per heavy atom. The fraction of sp³-hybridized carbons (Fsp3) is 1.00. The van der Waals surface area contributed by atoms with Crippen molar-refractivity contribution in [2.45, 2.75) is 26.8 Å². The quantitative estimate of drug-likeness (QED) is 0.676. The van der Waals surface area contributed by atoms with Gasteiger partial charge in [0.25, 0.3) is 0 Å². The second-order valence-electron chi connectivity index (χ2n) is 4.27. The van der Waals surface area contributed by atoms with Crippen molar-refractivity contribution in [3.8, 4) is 0 Å². The molecule has 2 nitrogen and oxygen atoms in total. The van der Waals surface area contributed by atoms with E-state index in [0.717, 1.165) is 19.1 Å². The van der Waals surface area contributed by atoms with Crippen molar-refractivity contribution in [1.82, 2.24) is 5.32 Å². The van der Waals surface area contributed by atoms with Gasteiger partial charge in [0.2, 0.25) is 0 Å². The largest absolute Gasteiger partial charge is 0.383 e. The summed E-state index contributed by atoms with van der Waals surface area (Å²) in [6, 6.07) is 0.490. The molecule has 0 aliphatic carbocycles. The van der Waals surface area contributed by atoms with Crippen LogP contribution >= 0.6 is 11.8 Å². The lowest BCUT2D eigenvalue weighted by Gasteiger charge is -2.23. The van der Waals surface area contributed by atoms with E-state index in [2.05, 4.69) is 32.3 Å². The molecule has 0 radical (unpaired) electrons. The molecule has 0 rings (SSSR count). The molecule has 1 N–H and O–H groups in total. The van der Waals surface area contributed by atoms with E-state index in [0.29, 0.717) is 12.0 Å². The molecule has 0 saturated heterocycles. The van der Waals surface area contributed by atoms with E-state index < -0.39 is 0 Å². The minimum atomic E-state index is 0.490. The first-order valence-corrected chi connectivity index (χ1v) is 6.72. The van der Waals surface area contributed by atoms with Crippen LogP contribution in [0.3, 0.4) is 0 Å². The van der Waals surface area contributed by atoms with Crippen LogP contribution < -0.4 is 5.32 Å². The highest BCUT2D eigenvalue weighted by Gasteiger charge is 2.13. The summed E-state index contributed by atoms with van der Waals surface area (Å²) in [6.07, 6.45) is 2.16. The average Bonchev–Trinajstić information content (AvgIpc) is 2.12. The van der Waals surface area contributed by atoms with Gasteiger partial charge in [-0.2, -0.15) is 11.8 Å². The first-order valence-electron chi connectivity index (χ1n) is 5.33. The van der Waals surface area contributed by atoms with E-state index in [1.165, 1.54) is 5.75 Å². The van der Waals surface area contributed by atoms with Gasteiger partial charge in [-0.15, -0.1) is 0 Å². The molecule has 0 aromatic rings. The van der Waals surface area contributed by atoms with Gasteiger partial charge < -0.3 is 10.1 Å². The summed E-state index contributed by atoms with van der Waals surface area (Å²) in [5.41, 5.74) is 0. The van der Waals surface area contributed by atoms with Crippen LogP contribution in [0.4, 0.5) is 0 Å². The third-order valence-electron chi connectivity index (χ3n) is 2.33. The first kappa shape index (κ1) is 14.3. The lowest BCUT2D eigenvalue weighted by Crippen LogP contribution is -2.40. The van der Waals surface area contributed by atoms with Crippen LogP contribution in [0.15, 0.2) is 0 Å². The second-order valence-corrected chi connectivity index (χ2v) is 5.19. The normalized spacial score (nSPS) is 15.9. The maximum atomic E-state index is 5.19. The Morgan fingerprint density at radius 3 is 2.36 bits per heavy atom. The number of nitrogens with one attached hydrogen (secondary N) is 1. The van der Waals surface area contributed by atoms with Crippen molar-refractivity contribution in [1.29, 1.82) is 0 Å². The van der Waals surface area contributed by atoms with Crippen LogP contribution in [0.5, 0.6) is 0 Å². The van der Waals surface area contributed by atoms with Crippen LogP contribution in [0.25, 0.3) is 0 Å². The fourth-order valence-electron chi connectivity index (χ4n) is 1.36. The number of hydrogen-bond donors (Lipinski definition) is 1. The Morgan fingerprint density at radius 1 is 1.29 bits per heavy atom. The van der Waals surface area contributed by atoms with Crippen LogP contribution in [0, 0.1) is 11.8 Å². The van der Waals surface area contributed by atoms with E-state index in [1.54, 1.807) is 7.11 Å². The molecule has 3 heteroatoms. The van der Waals surface area contributed by atoms with Crippen molar-refractivity contribution in [2.24, 2.45) is 11.8 Å². The Labute approximate surface area is 93.2 Å². The second kappa shape index (κ2) is 8.57. The molecule has 0 spiro atoms. The van der Waals surface area contributed by atoms with Gasteiger partial charge in [-0.3, -0.25) is 0 Å². The van der Waals surface area contributed by atoms with Gasteiger partial charge in [0.15, 0.2) is 0 Å². The minimum Gasteiger partial charge on any atom is -0.383 e. The molecular formula is C11H25NOS. The topological polar surface area (TPSA) is 21.3 Å². The molecule has 0 aliphatic heterocycles. The smallest absolute Gasteiger partial charge is 0.0618 e. The summed E-state index contributed by atoms with van der Waals surface area (Å²) in [5, 5.41) is 3.57. The van der Waals surface area contributed by atoms with Gasteiger partial charge >= 0.3 is 0 Å². The SMILES string of the molecule is COCC(NCC(C)CSC)C(C)C. The summed E-state index contributed by atoms with van der Waals surface area (Å²) in [7, 11) is 1.77. The highest BCUT2D eigenvalue weighted by molar-refractivity contribution is 7.98. The van der Waals surface area contributed by atoms with Gasteiger partial charge in [0.1, 0.15) is 0 Å². The Balaban J connectivity index is 3.69. The summed E-state index contributed by atoms with van der Waals surface area (Å²) in [6.45, 7) is 8.65. The van der Waals surface area contributed by atoms with Crippen molar-refractivity contribution < 1.29 is 4.74 Å². The first-order chi connectivity index (χ1) is 6.61. The van der Waals surface area contributed by atoms with Crippen LogP contribution in [-0.4, -0.2) is 38.3 Å². The highest BCUT2D eigenvalue weighted by Crippen LogP contribution is 2.06. The van der Waals surface area contributed by atoms with Crippen LogP contribution in [0.1, 0.15) is 20.8 Å². The maximum Gasteiger partial charge on any atom is 0.0618 e. The summed E-state index contributed by atoms with van der Waals surface area (Å²) >= 11 is 1.91. The third kappa shape index (κ3) is 6.68. The minimum absolute atomic E-state index is 0.490. The molecule has 0 saturated carbocycles. The monoisotopic (exact) mass is 219 g/mol. The molecule has 0 aliphatic rings. The highest BCUT2D eigenvalue weighted by atomic mass is 32.2. The van der Waals surface area contributed by atoms with E-state index >= 15 is 0 Å². The van der Waals surface area contributed by atoms with Gasteiger partial charge in [0, 0.05) is 13.2 Å². The zero-order valence-corrected chi connectivity index (χ0v) is 11.0. The van der Waals surface area contributed by atoms with Gasteiger partial charge in [0.05, 0.1) is 6.61 Å². The average molecular weight is 219 g/mol. The number of hydrogen-bond acceptors (Lipinski definition) is 3. The predicted molar refractivity (Wildman–Crippen MR) is 66.1 cm³/mol. The Bertz CT molecular complexity index is 130. The maximum absolute atomic E-state index is 5.19. The molecule has 86 valence electrons. The molecule has 0 bridgehead atoms. The van der Waals surface area contributed by atoms with Crippen molar-refractivity contribution in [3.05, 3.63) is 0 Å². The van der Waals surface area contributed by atoms with Crippen molar-refractivity contribution in [2.75, 3.05) is 32.3 Å². The number of rotatable bonds is 8. The van der Waals surface area contributed by atoms with E-state index in [1.807, 2.05) is 11.8 Å². The van der Waals surface area contributed by atoms with Gasteiger partial charge in [-0.05, 0) is 30.4 Å². The lowest BCUT2D eigenvalue weighted by molar-refractivity contribution is 0.145. The molecule has 0 aromatic carbocycles. The molecule has 0 aromatic heterocycles. The summed E-state index contributed by atoms with van der Waals surface area (Å²) < 4.78 is 5.19. The zero-order chi connectivity index (χ0) is 11.0. The molecule has 14 heavy (non-hydrogen) atoms. The van der Waals surface area contributed by atoms with Gasteiger partial charge in [-0.25, -0.2) is 0 Å². The Kier molecular flexibility index (Phi) is 8.73. The standard InChI is InChI=1S/C11H25NOS/c1-9(2)11(7-13-4)12-6-10(3)8-14-5/h9-12H,6-8H2,1-5H3. The molecule has 0 fully saturated rings. The molecular weight excluding hydrogens is 194 g/mol. The van der Waals surface area contributed by atoms with Crippen LogP contribution in [-0.2, 0) is 4.74 Å². The third-order valence-corrected chi connectivity index (χ3v) is 3.23. The number of thioether (sulfide) groups is 1. The Hall–Kier alpha value is 0.270. The zero-order valence-electron chi connectivity index (χ0n) is 10.2. The molecule has 0 amide bonds. The number of methoxy groups -OCH3 is 1. The predicted octanol–water partition coefficient (Wildman–Crippen LogP) is 2.25. The summed E-state index contributed by atoms with van der Waals surface area (Å²) in [5.74, 6) is 2.60. The summed E-state index contributed by atoms with van der Waals surface area (Å²) in [4.78, 5) is 0. The lowest BCUT2D eigenvalue weighted by atomic mass is 10.0. The molecule has 2 unspecified atom stereocenters. The van der Waals surface area contributed by atoms with E-state index in [9.17, 15) is 0 Å². The van der Waals surface area contributed by atoms with Gasteiger partial charge in [-0.1, -0.05) is 20.8 Å². The molecule has 0 heterocycles.